The van der Waals surface area contributed by atoms with Gasteiger partial charge in [-0.05, 0) is 24.1 Å². The molecule has 1 atom stereocenters. The Morgan fingerprint density at radius 3 is 3.00 bits per heavy atom. The Labute approximate surface area is 132 Å². The summed E-state index contributed by atoms with van der Waals surface area (Å²) in [7, 11) is 0. The van der Waals surface area contributed by atoms with Crippen molar-refractivity contribution in [1.82, 2.24) is 5.32 Å². The largest absolute Gasteiger partial charge is 0.493 e. The lowest BCUT2D eigenvalue weighted by Crippen LogP contribution is -2.37. The van der Waals surface area contributed by atoms with Gasteiger partial charge in [0.05, 0.1) is 17.5 Å². The lowest BCUT2D eigenvalue weighted by Gasteiger charge is -2.15. The number of nitrogens with two attached hydrogens (primary N) is 1. The molecule has 0 radical (unpaired) electrons. The van der Waals surface area contributed by atoms with E-state index in [0.717, 1.165) is 22.2 Å². The minimum Gasteiger partial charge on any atom is -0.493 e. The Morgan fingerprint density at radius 1 is 1.60 bits per heavy atom. The van der Waals surface area contributed by atoms with Gasteiger partial charge in [-0.25, -0.2) is 0 Å². The van der Waals surface area contributed by atoms with Crippen LogP contribution in [0.1, 0.15) is 24.5 Å². The van der Waals surface area contributed by atoms with Gasteiger partial charge < -0.3 is 15.8 Å². The molecule has 0 saturated heterocycles. The first-order valence-corrected chi connectivity index (χ1v) is 7.74. The summed E-state index contributed by atoms with van der Waals surface area (Å²) < 4.78 is 6.62. The molecule has 3 N–H and O–H groups in total. The predicted octanol–water partition coefficient (Wildman–Crippen LogP) is 2.31. The van der Waals surface area contributed by atoms with Crippen LogP contribution in [0.25, 0.3) is 0 Å². The van der Waals surface area contributed by atoms with Gasteiger partial charge in [0.15, 0.2) is 0 Å². The number of hydrogen-bond donors (Lipinski definition) is 2. The lowest BCUT2D eigenvalue weighted by atomic mass is 10.1. The van der Waals surface area contributed by atoms with Gasteiger partial charge in [0.2, 0.25) is 5.91 Å². The highest BCUT2D eigenvalue weighted by Gasteiger charge is 2.21. The van der Waals surface area contributed by atoms with Gasteiger partial charge in [0.25, 0.3) is 0 Å². The summed E-state index contributed by atoms with van der Waals surface area (Å²) in [5.74, 6) is 0.342. The molecule has 0 spiro atoms. The van der Waals surface area contributed by atoms with E-state index in [1.807, 2.05) is 13.0 Å². The van der Waals surface area contributed by atoms with E-state index in [1.165, 1.54) is 5.56 Å². The molecule has 6 heteroatoms. The zero-order chi connectivity index (χ0) is 14.7. The van der Waals surface area contributed by atoms with Crippen LogP contribution >= 0.6 is 28.1 Å². The number of carbonyl (C=O) groups excluding carboxylic acids is 1. The number of nitrogens with one attached hydrogen (secondary N) is 1. The Morgan fingerprint density at radius 2 is 2.35 bits per heavy atom. The zero-order valence-corrected chi connectivity index (χ0v) is 13.6. The second-order valence-electron chi connectivity index (χ2n) is 4.73. The SMILES string of the molecule is CCC(C(=O)NCc1cc(Br)cc2c1OCC2)C(N)=S. The fourth-order valence-electron chi connectivity index (χ4n) is 2.30. The summed E-state index contributed by atoms with van der Waals surface area (Å²) in [6, 6.07) is 4.02. The molecule has 1 aliphatic rings. The summed E-state index contributed by atoms with van der Waals surface area (Å²) in [6.45, 7) is 3.00. The molecule has 0 aliphatic carbocycles. The van der Waals surface area contributed by atoms with Crippen molar-refractivity contribution in [1.29, 1.82) is 0 Å². The summed E-state index contributed by atoms with van der Waals surface area (Å²) in [5, 5.41) is 2.88. The van der Waals surface area contributed by atoms with Gasteiger partial charge in [0, 0.05) is 23.0 Å². The monoisotopic (exact) mass is 356 g/mol. The molecule has 0 aromatic heterocycles. The molecule has 20 heavy (non-hydrogen) atoms. The van der Waals surface area contributed by atoms with Crippen LogP contribution in [0.3, 0.4) is 0 Å². The molecule has 1 heterocycles. The average Bonchev–Trinajstić information content (AvgIpc) is 2.84. The van der Waals surface area contributed by atoms with E-state index in [2.05, 4.69) is 27.3 Å². The van der Waals surface area contributed by atoms with Crippen LogP contribution < -0.4 is 15.8 Å². The Balaban J connectivity index is 2.08. The molecule has 0 bridgehead atoms. The van der Waals surface area contributed by atoms with Crippen molar-refractivity contribution in [3.63, 3.8) is 0 Å². The first-order valence-electron chi connectivity index (χ1n) is 6.54. The van der Waals surface area contributed by atoms with Crippen molar-refractivity contribution in [3.8, 4) is 5.75 Å². The van der Waals surface area contributed by atoms with Gasteiger partial charge in [-0.1, -0.05) is 35.1 Å². The third kappa shape index (κ3) is 3.30. The zero-order valence-electron chi connectivity index (χ0n) is 11.2. The van der Waals surface area contributed by atoms with Crippen LogP contribution in [0.15, 0.2) is 16.6 Å². The molecule has 0 saturated carbocycles. The second-order valence-corrected chi connectivity index (χ2v) is 6.12. The highest BCUT2D eigenvalue weighted by molar-refractivity contribution is 9.10. The maximum absolute atomic E-state index is 12.0. The van der Waals surface area contributed by atoms with Crippen LogP contribution in [-0.2, 0) is 17.8 Å². The van der Waals surface area contributed by atoms with Crippen molar-refractivity contribution in [2.24, 2.45) is 11.7 Å². The standard InChI is InChI=1S/C14H17BrN2O2S/c1-2-11(13(16)20)14(18)17-7-9-6-10(15)5-8-3-4-19-12(8)9/h5-6,11H,2-4,7H2,1H3,(H2,16,20)(H,17,18). The molecule has 1 aliphatic heterocycles. The first kappa shape index (κ1) is 15.3. The van der Waals surface area contributed by atoms with Gasteiger partial charge in [0.1, 0.15) is 5.75 Å². The molecule has 1 aromatic rings. The van der Waals surface area contributed by atoms with Crippen LogP contribution in [0, 0.1) is 5.92 Å². The summed E-state index contributed by atoms with van der Waals surface area (Å²) >= 11 is 8.39. The highest BCUT2D eigenvalue weighted by Crippen LogP contribution is 2.32. The maximum Gasteiger partial charge on any atom is 0.230 e. The summed E-state index contributed by atoms with van der Waals surface area (Å²) in [5.41, 5.74) is 7.71. The van der Waals surface area contributed by atoms with Crippen molar-refractivity contribution >= 4 is 39.0 Å². The van der Waals surface area contributed by atoms with E-state index < -0.39 is 5.92 Å². The Bertz CT molecular complexity index is 548. The van der Waals surface area contributed by atoms with E-state index in [9.17, 15) is 4.79 Å². The molecule has 108 valence electrons. The molecule has 2 rings (SSSR count). The number of fused-ring (bicyclic) bond motifs is 1. The second kappa shape index (κ2) is 6.54. The molecular weight excluding hydrogens is 340 g/mol. The first-order chi connectivity index (χ1) is 9.52. The van der Waals surface area contributed by atoms with E-state index in [0.29, 0.717) is 19.6 Å². The molecule has 4 nitrogen and oxygen atoms in total. The van der Waals surface area contributed by atoms with E-state index >= 15 is 0 Å². The third-order valence-corrected chi connectivity index (χ3v) is 4.09. The average molecular weight is 357 g/mol. The van der Waals surface area contributed by atoms with Crippen molar-refractivity contribution in [2.45, 2.75) is 26.3 Å². The van der Waals surface area contributed by atoms with Crippen LogP contribution in [-0.4, -0.2) is 17.5 Å². The van der Waals surface area contributed by atoms with Gasteiger partial charge >= 0.3 is 0 Å². The predicted molar refractivity (Wildman–Crippen MR) is 85.8 cm³/mol. The number of hydrogen-bond acceptors (Lipinski definition) is 3. The summed E-state index contributed by atoms with van der Waals surface area (Å²) in [6.07, 6.45) is 1.51. The number of benzene rings is 1. The smallest absolute Gasteiger partial charge is 0.230 e. The summed E-state index contributed by atoms with van der Waals surface area (Å²) in [4.78, 5) is 12.3. The van der Waals surface area contributed by atoms with Crippen molar-refractivity contribution < 1.29 is 9.53 Å². The molecule has 1 unspecified atom stereocenters. The number of halogens is 1. The quantitative estimate of drug-likeness (QED) is 0.794. The van der Waals surface area contributed by atoms with Crippen molar-refractivity contribution in [2.75, 3.05) is 6.61 Å². The van der Waals surface area contributed by atoms with Crippen LogP contribution in [0.4, 0.5) is 0 Å². The Hall–Kier alpha value is -1.14. The highest BCUT2D eigenvalue weighted by atomic mass is 79.9. The Kier molecular flexibility index (Phi) is 4.99. The third-order valence-electron chi connectivity index (χ3n) is 3.35. The van der Waals surface area contributed by atoms with Gasteiger partial charge in [-0.2, -0.15) is 0 Å². The van der Waals surface area contributed by atoms with Crippen molar-refractivity contribution in [3.05, 3.63) is 27.7 Å². The lowest BCUT2D eigenvalue weighted by molar-refractivity contribution is -0.123. The van der Waals surface area contributed by atoms with Gasteiger partial charge in [-0.15, -0.1) is 0 Å². The van der Waals surface area contributed by atoms with Crippen LogP contribution in [0.2, 0.25) is 0 Å². The normalized spacial score (nSPS) is 14.3. The topological polar surface area (TPSA) is 64.3 Å². The van der Waals surface area contributed by atoms with E-state index in [-0.39, 0.29) is 10.9 Å². The number of thiocarbonyl (C=S) groups is 1. The molecular formula is C14H17BrN2O2S. The fourth-order valence-corrected chi connectivity index (χ4v) is 3.13. The van der Waals surface area contributed by atoms with E-state index in [1.54, 1.807) is 0 Å². The number of amides is 1. The van der Waals surface area contributed by atoms with Gasteiger partial charge in [-0.3, -0.25) is 4.79 Å². The van der Waals surface area contributed by atoms with Crippen LogP contribution in [0.5, 0.6) is 5.75 Å². The number of ether oxygens (including phenoxy) is 1. The maximum atomic E-state index is 12.0. The fraction of sp³-hybridized carbons (Fsp3) is 0.429. The number of carbonyl (C=O) groups is 1. The molecule has 1 amide bonds. The molecule has 0 fully saturated rings. The minimum atomic E-state index is -0.411. The molecule has 1 aromatic carbocycles. The number of rotatable bonds is 5. The van der Waals surface area contributed by atoms with E-state index in [4.69, 9.17) is 22.7 Å². The minimum absolute atomic E-state index is 0.133.